The number of anilines is 1. The van der Waals surface area contributed by atoms with E-state index in [2.05, 4.69) is 5.10 Å². The van der Waals surface area contributed by atoms with E-state index >= 15 is 0 Å². The standard InChI is InChI=1S/C31H19N3O4/c1-18-11-14-20(15-12-18)33-30(36)26-27(32-34(28(26)31(33)37)21-8-3-2-4-9-21)29(35)25-17-23-22-10-6-5-7-19(22)13-16-24(23)38-25/h2-17H,1H3. The second-order valence-corrected chi connectivity index (χ2v) is 9.24. The molecule has 0 atom stereocenters. The lowest BCUT2D eigenvalue weighted by Crippen LogP contribution is -2.31. The number of carbonyl (C=O) groups excluding carboxylic acids is 3. The number of para-hydroxylation sites is 1. The van der Waals surface area contributed by atoms with Gasteiger partial charge >= 0.3 is 0 Å². The van der Waals surface area contributed by atoms with Crippen LogP contribution < -0.4 is 4.90 Å². The van der Waals surface area contributed by atoms with Crippen molar-refractivity contribution in [3.63, 3.8) is 0 Å². The van der Waals surface area contributed by atoms with Crippen molar-refractivity contribution in [3.8, 4) is 5.69 Å². The van der Waals surface area contributed by atoms with Gasteiger partial charge in [-0.15, -0.1) is 0 Å². The van der Waals surface area contributed by atoms with Crippen LogP contribution in [0.5, 0.6) is 0 Å². The number of furan rings is 1. The van der Waals surface area contributed by atoms with E-state index in [9.17, 15) is 14.4 Å². The Morgan fingerprint density at radius 2 is 1.50 bits per heavy atom. The largest absolute Gasteiger partial charge is 0.452 e. The molecule has 0 aliphatic carbocycles. The zero-order valence-corrected chi connectivity index (χ0v) is 20.2. The number of fused-ring (bicyclic) bond motifs is 4. The first-order valence-corrected chi connectivity index (χ1v) is 12.1. The average molecular weight is 498 g/mol. The lowest BCUT2D eigenvalue weighted by Gasteiger charge is -2.15. The Kier molecular flexibility index (Phi) is 4.68. The molecule has 1 aliphatic heterocycles. The van der Waals surface area contributed by atoms with Crippen LogP contribution in [-0.2, 0) is 0 Å². The van der Waals surface area contributed by atoms with Gasteiger partial charge in [0, 0.05) is 5.39 Å². The number of ketones is 1. The van der Waals surface area contributed by atoms with Gasteiger partial charge in [-0.1, -0.05) is 66.2 Å². The first-order valence-electron chi connectivity index (χ1n) is 12.1. The molecule has 0 fully saturated rings. The van der Waals surface area contributed by atoms with E-state index in [0.29, 0.717) is 17.0 Å². The van der Waals surface area contributed by atoms with Crippen LogP contribution in [0.3, 0.4) is 0 Å². The number of hydrogen-bond acceptors (Lipinski definition) is 5. The maximum atomic E-state index is 13.8. The Labute approximate surface area is 216 Å². The molecule has 3 heterocycles. The zero-order valence-electron chi connectivity index (χ0n) is 20.2. The number of rotatable bonds is 4. The highest BCUT2D eigenvalue weighted by Crippen LogP contribution is 2.35. The van der Waals surface area contributed by atoms with Gasteiger partial charge in [0.05, 0.1) is 11.4 Å². The Morgan fingerprint density at radius 3 is 2.29 bits per heavy atom. The minimum absolute atomic E-state index is 0.0326. The van der Waals surface area contributed by atoms with Crippen LogP contribution in [-0.4, -0.2) is 27.4 Å². The molecule has 0 unspecified atom stereocenters. The van der Waals surface area contributed by atoms with Gasteiger partial charge in [-0.25, -0.2) is 9.58 Å². The molecule has 4 aromatic carbocycles. The molecule has 0 radical (unpaired) electrons. The first kappa shape index (κ1) is 21.9. The van der Waals surface area contributed by atoms with Gasteiger partial charge in [0.25, 0.3) is 11.8 Å². The number of amides is 2. The van der Waals surface area contributed by atoms with Crippen molar-refractivity contribution < 1.29 is 18.8 Å². The second kappa shape index (κ2) is 8.11. The van der Waals surface area contributed by atoms with Crippen molar-refractivity contribution in [1.29, 1.82) is 0 Å². The average Bonchev–Trinajstić information content (AvgIpc) is 3.63. The van der Waals surface area contributed by atoms with E-state index in [0.717, 1.165) is 26.6 Å². The maximum absolute atomic E-state index is 13.8. The molecule has 182 valence electrons. The molecule has 0 bridgehead atoms. The highest BCUT2D eigenvalue weighted by atomic mass is 16.3. The van der Waals surface area contributed by atoms with Gasteiger partial charge in [0.1, 0.15) is 16.8 Å². The van der Waals surface area contributed by atoms with Crippen LogP contribution in [0, 0.1) is 6.92 Å². The number of aromatic nitrogens is 2. The molecule has 0 N–H and O–H groups in total. The highest BCUT2D eigenvalue weighted by Gasteiger charge is 2.45. The van der Waals surface area contributed by atoms with E-state index < -0.39 is 17.6 Å². The predicted octanol–water partition coefficient (Wildman–Crippen LogP) is 6.11. The summed E-state index contributed by atoms with van der Waals surface area (Å²) in [4.78, 5) is 42.3. The lowest BCUT2D eigenvalue weighted by atomic mass is 10.1. The summed E-state index contributed by atoms with van der Waals surface area (Å²) in [5.74, 6) is -1.66. The quantitative estimate of drug-likeness (QED) is 0.217. The predicted molar refractivity (Wildman–Crippen MR) is 143 cm³/mol. The summed E-state index contributed by atoms with van der Waals surface area (Å²) in [5, 5.41) is 7.25. The monoisotopic (exact) mass is 497 g/mol. The lowest BCUT2D eigenvalue weighted by molar-refractivity contribution is 0.0914. The normalized spacial score (nSPS) is 13.0. The fourth-order valence-corrected chi connectivity index (χ4v) is 4.99. The third-order valence-electron chi connectivity index (χ3n) is 6.87. The van der Waals surface area contributed by atoms with Gasteiger partial charge in [-0.05, 0) is 54.1 Å². The van der Waals surface area contributed by atoms with Gasteiger partial charge in [-0.2, -0.15) is 5.10 Å². The van der Waals surface area contributed by atoms with E-state index in [4.69, 9.17) is 4.42 Å². The van der Waals surface area contributed by atoms with Crippen molar-refractivity contribution in [3.05, 3.63) is 125 Å². The van der Waals surface area contributed by atoms with Crippen LogP contribution >= 0.6 is 0 Å². The highest BCUT2D eigenvalue weighted by molar-refractivity contribution is 6.36. The van der Waals surface area contributed by atoms with Crippen LogP contribution in [0.25, 0.3) is 27.4 Å². The van der Waals surface area contributed by atoms with Crippen molar-refractivity contribution in [2.75, 3.05) is 4.90 Å². The minimum Gasteiger partial charge on any atom is -0.452 e. The number of nitrogens with zero attached hydrogens (tertiary/aromatic N) is 3. The Balaban J connectivity index is 1.41. The Morgan fingerprint density at radius 1 is 0.763 bits per heavy atom. The molecule has 2 aromatic heterocycles. The summed E-state index contributed by atoms with van der Waals surface area (Å²) in [6.07, 6.45) is 0. The molecule has 0 saturated heterocycles. The summed E-state index contributed by atoms with van der Waals surface area (Å²) in [6.45, 7) is 1.92. The van der Waals surface area contributed by atoms with Crippen LogP contribution in [0.1, 0.15) is 42.7 Å². The number of carbonyl (C=O) groups is 3. The summed E-state index contributed by atoms with van der Waals surface area (Å²) in [5.41, 5.74) is 2.42. The van der Waals surface area contributed by atoms with Crippen LogP contribution in [0.15, 0.2) is 101 Å². The third-order valence-corrected chi connectivity index (χ3v) is 6.87. The molecule has 7 heteroatoms. The van der Waals surface area contributed by atoms with Crippen LogP contribution in [0.2, 0.25) is 0 Å². The minimum atomic E-state index is -0.596. The molecule has 6 aromatic rings. The second-order valence-electron chi connectivity index (χ2n) is 9.24. The third kappa shape index (κ3) is 3.15. The summed E-state index contributed by atoms with van der Waals surface area (Å²) in [7, 11) is 0. The van der Waals surface area contributed by atoms with Crippen LogP contribution in [0.4, 0.5) is 5.69 Å². The van der Waals surface area contributed by atoms with Gasteiger partial charge in [-0.3, -0.25) is 14.4 Å². The molecule has 38 heavy (non-hydrogen) atoms. The molecule has 1 aliphatic rings. The molecule has 2 amide bonds. The number of hydrogen-bond donors (Lipinski definition) is 0. The first-order chi connectivity index (χ1) is 18.5. The molecular formula is C31H19N3O4. The van der Waals surface area contributed by atoms with Gasteiger partial charge < -0.3 is 4.42 Å². The van der Waals surface area contributed by atoms with Crippen molar-refractivity contribution in [2.24, 2.45) is 0 Å². The van der Waals surface area contributed by atoms with Gasteiger partial charge in [0.2, 0.25) is 5.78 Å². The van der Waals surface area contributed by atoms with Crippen molar-refractivity contribution >= 4 is 45.0 Å². The number of benzene rings is 4. The fraction of sp³-hybridized carbons (Fsp3) is 0.0323. The van der Waals surface area contributed by atoms with Crippen molar-refractivity contribution in [2.45, 2.75) is 6.92 Å². The summed E-state index contributed by atoms with van der Waals surface area (Å²) >= 11 is 0. The van der Waals surface area contributed by atoms with E-state index in [1.54, 1.807) is 42.5 Å². The van der Waals surface area contributed by atoms with E-state index in [1.165, 1.54) is 4.68 Å². The smallest absolute Gasteiger partial charge is 0.284 e. The zero-order chi connectivity index (χ0) is 26.0. The molecular weight excluding hydrogens is 478 g/mol. The summed E-state index contributed by atoms with van der Waals surface area (Å²) in [6, 6.07) is 29.3. The molecule has 7 nitrogen and oxygen atoms in total. The van der Waals surface area contributed by atoms with Gasteiger partial charge in [0.15, 0.2) is 11.5 Å². The molecule has 0 spiro atoms. The molecule has 0 saturated carbocycles. The fourth-order valence-electron chi connectivity index (χ4n) is 4.99. The Bertz CT molecular complexity index is 1930. The van der Waals surface area contributed by atoms with Crippen molar-refractivity contribution in [1.82, 2.24) is 9.78 Å². The summed E-state index contributed by atoms with van der Waals surface area (Å²) < 4.78 is 7.32. The number of imide groups is 1. The molecule has 7 rings (SSSR count). The SMILES string of the molecule is Cc1ccc(N2C(=O)c3c(C(=O)c4cc5c(ccc6ccccc65)o4)nn(-c4ccccc4)c3C2=O)cc1. The Hall–Kier alpha value is -5.30. The number of aryl methyl sites for hydroxylation is 1. The maximum Gasteiger partial charge on any atom is 0.284 e. The topological polar surface area (TPSA) is 85.4 Å². The van der Waals surface area contributed by atoms with E-state index in [1.807, 2.05) is 61.5 Å². The van der Waals surface area contributed by atoms with E-state index in [-0.39, 0.29) is 22.7 Å².